The van der Waals surface area contributed by atoms with E-state index in [1.807, 2.05) is 100 Å². The second kappa shape index (κ2) is 12.8. The van der Waals surface area contributed by atoms with Crippen LogP contribution < -0.4 is 13.6 Å². The minimum atomic E-state index is -1.54. The van der Waals surface area contributed by atoms with Crippen LogP contribution in [0.1, 0.15) is 23.6 Å². The molecular weight excluding hydrogens is 461 g/mol. The molecule has 168 valence electrons. The normalized spacial score (nSPS) is 12.5. The molecule has 0 aliphatic carbocycles. The summed E-state index contributed by atoms with van der Waals surface area (Å²) in [5.74, 6) is 2.24. The van der Waals surface area contributed by atoms with E-state index in [0.29, 0.717) is 15.2 Å². The lowest BCUT2D eigenvalue weighted by atomic mass is 10.2. The van der Waals surface area contributed by atoms with Gasteiger partial charge in [0.1, 0.15) is 17.2 Å². The monoisotopic (exact) mass is 488 g/mol. The zero-order chi connectivity index (χ0) is 22.8. The van der Waals surface area contributed by atoms with E-state index in [9.17, 15) is 0 Å². The van der Waals surface area contributed by atoms with Gasteiger partial charge in [0.05, 0.1) is 6.61 Å². The molecule has 0 amide bonds. The summed E-state index contributed by atoms with van der Waals surface area (Å²) < 4.78 is 24.3. The Kier molecular flexibility index (Phi) is 9.87. The SMILES string of the molecule is CCON(POc1cccc(C)c1)P(N=POc1cccc(C)c1)Oc1cccc(C)c1. The van der Waals surface area contributed by atoms with Crippen molar-refractivity contribution >= 4 is 26.0 Å². The van der Waals surface area contributed by atoms with Crippen LogP contribution in [0.25, 0.3) is 0 Å². The van der Waals surface area contributed by atoms with E-state index in [1.165, 1.54) is 0 Å². The number of aryl methyl sites for hydroxylation is 3. The summed E-state index contributed by atoms with van der Waals surface area (Å²) in [6, 6.07) is 23.6. The van der Waals surface area contributed by atoms with Gasteiger partial charge in [-0.25, -0.2) is 0 Å². The smallest absolute Gasteiger partial charge is 0.337 e. The molecular formula is C23H27N2O4P3. The molecule has 32 heavy (non-hydrogen) atoms. The Labute approximate surface area is 194 Å². The fourth-order valence-electron chi connectivity index (χ4n) is 2.63. The molecule has 0 spiro atoms. The second-order valence-corrected chi connectivity index (χ2v) is 10.2. The molecule has 0 aromatic heterocycles. The highest BCUT2D eigenvalue weighted by Crippen LogP contribution is 2.52. The van der Waals surface area contributed by atoms with Gasteiger partial charge in [0.25, 0.3) is 8.60 Å². The third-order valence-corrected chi connectivity index (χ3v) is 7.43. The van der Waals surface area contributed by atoms with E-state index >= 15 is 0 Å². The minimum absolute atomic E-state index is 0.130. The van der Waals surface area contributed by atoms with Crippen LogP contribution in [0.4, 0.5) is 0 Å². The first-order valence-corrected chi connectivity index (χ1v) is 12.9. The second-order valence-electron chi connectivity index (χ2n) is 6.94. The summed E-state index contributed by atoms with van der Waals surface area (Å²) in [4.78, 5) is 5.85. The van der Waals surface area contributed by atoms with Crippen molar-refractivity contribution in [2.24, 2.45) is 4.52 Å². The molecule has 2 unspecified atom stereocenters. The van der Waals surface area contributed by atoms with Crippen LogP contribution in [0, 0.1) is 20.8 Å². The molecule has 0 saturated heterocycles. The van der Waals surface area contributed by atoms with E-state index in [4.69, 9.17) is 18.4 Å². The summed E-state index contributed by atoms with van der Waals surface area (Å²) in [6.07, 6.45) is 0. The van der Waals surface area contributed by atoms with E-state index in [0.717, 1.165) is 33.9 Å². The Balaban J connectivity index is 1.77. The highest BCUT2D eigenvalue weighted by Gasteiger charge is 2.25. The number of hydrogen-bond donors (Lipinski definition) is 0. The van der Waals surface area contributed by atoms with Crippen molar-refractivity contribution in [2.75, 3.05) is 6.61 Å². The van der Waals surface area contributed by atoms with Crippen molar-refractivity contribution < 1.29 is 18.4 Å². The Morgan fingerprint density at radius 1 is 0.844 bits per heavy atom. The Hall–Kier alpha value is -2.06. The number of nitrogens with zero attached hydrogens (tertiary/aromatic N) is 2. The first-order valence-electron chi connectivity index (χ1n) is 10.1. The highest BCUT2D eigenvalue weighted by molar-refractivity contribution is 7.60. The van der Waals surface area contributed by atoms with E-state index in [2.05, 4.69) is 4.52 Å². The van der Waals surface area contributed by atoms with Crippen molar-refractivity contribution in [3.63, 3.8) is 0 Å². The first kappa shape index (κ1) is 24.6. The van der Waals surface area contributed by atoms with Crippen LogP contribution in [-0.4, -0.2) is 11.2 Å². The molecule has 9 heteroatoms. The van der Waals surface area contributed by atoms with Crippen molar-refractivity contribution in [1.82, 2.24) is 4.60 Å². The number of hydrogen-bond acceptors (Lipinski definition) is 6. The van der Waals surface area contributed by atoms with Gasteiger partial charge in [-0.3, -0.25) is 4.84 Å². The first-order chi connectivity index (χ1) is 15.5. The summed E-state index contributed by atoms with van der Waals surface area (Å²) in [5, 5.41) is 0. The van der Waals surface area contributed by atoms with Gasteiger partial charge < -0.3 is 13.6 Å². The lowest BCUT2D eigenvalue weighted by Crippen LogP contribution is -2.12. The van der Waals surface area contributed by atoms with Gasteiger partial charge in [0.15, 0.2) is 8.96 Å². The average molecular weight is 488 g/mol. The van der Waals surface area contributed by atoms with Crippen LogP contribution in [0.2, 0.25) is 0 Å². The standard InChI is InChI=1S/C23H27N2O4P3/c1-5-26-25(31-28-22-13-7-10-19(3)16-22)32(29-23-14-8-11-20(4)17-23)24-30-27-21-12-6-9-18(2)15-21/h6-17,31H,5H2,1-4H3. The van der Waals surface area contributed by atoms with E-state index < -0.39 is 8.45 Å². The van der Waals surface area contributed by atoms with Crippen molar-refractivity contribution in [3.05, 3.63) is 89.5 Å². The molecule has 0 saturated carbocycles. The quantitative estimate of drug-likeness (QED) is 0.201. The lowest BCUT2D eigenvalue weighted by Gasteiger charge is -2.24. The lowest BCUT2D eigenvalue weighted by molar-refractivity contribution is -0.00833. The fourth-order valence-corrected chi connectivity index (χ4v) is 5.64. The number of rotatable bonds is 11. The molecule has 0 radical (unpaired) electrons. The topological polar surface area (TPSA) is 52.5 Å². The molecule has 3 aromatic carbocycles. The molecule has 0 fully saturated rings. The molecule has 3 aromatic rings. The van der Waals surface area contributed by atoms with Gasteiger partial charge >= 0.3 is 8.45 Å². The van der Waals surface area contributed by atoms with Gasteiger partial charge in [0, 0.05) is 0 Å². The van der Waals surface area contributed by atoms with Crippen molar-refractivity contribution in [2.45, 2.75) is 27.7 Å². The summed E-state index contributed by atoms with van der Waals surface area (Å²) in [5.41, 5.74) is 3.36. The van der Waals surface area contributed by atoms with Crippen LogP contribution in [0.5, 0.6) is 17.2 Å². The molecule has 0 bridgehead atoms. The molecule has 3 rings (SSSR count). The molecule has 0 aliphatic heterocycles. The molecule has 0 heterocycles. The maximum absolute atomic E-state index is 6.22. The Bertz CT molecular complexity index is 1040. The molecule has 6 nitrogen and oxygen atoms in total. The van der Waals surface area contributed by atoms with Gasteiger partial charge in [-0.2, -0.15) is 0 Å². The van der Waals surface area contributed by atoms with E-state index in [1.54, 1.807) is 4.60 Å². The Morgan fingerprint density at radius 3 is 2.03 bits per heavy atom. The van der Waals surface area contributed by atoms with Crippen LogP contribution in [-0.2, 0) is 4.84 Å². The molecule has 0 aliphatic rings. The third-order valence-electron chi connectivity index (χ3n) is 4.06. The predicted molar refractivity (Wildman–Crippen MR) is 133 cm³/mol. The molecule has 2 atom stereocenters. The highest BCUT2D eigenvalue weighted by atomic mass is 31.2. The fraction of sp³-hybridized carbons (Fsp3) is 0.217. The molecule has 0 N–H and O–H groups in total. The predicted octanol–water partition coefficient (Wildman–Crippen LogP) is 8.18. The van der Waals surface area contributed by atoms with Gasteiger partial charge in [-0.05, 0) is 80.8 Å². The summed E-state index contributed by atoms with van der Waals surface area (Å²) >= 11 is 0. The third kappa shape index (κ3) is 8.13. The van der Waals surface area contributed by atoms with Crippen LogP contribution in [0.15, 0.2) is 77.3 Å². The largest absolute Gasteiger partial charge is 0.458 e. The van der Waals surface area contributed by atoms with Gasteiger partial charge in [-0.15, -0.1) is 4.52 Å². The van der Waals surface area contributed by atoms with E-state index in [-0.39, 0.29) is 8.96 Å². The minimum Gasteiger partial charge on any atom is -0.458 e. The van der Waals surface area contributed by atoms with Crippen LogP contribution >= 0.6 is 26.0 Å². The summed E-state index contributed by atoms with van der Waals surface area (Å²) in [7, 11) is -1.25. The maximum atomic E-state index is 6.22. The average Bonchev–Trinajstić information content (AvgIpc) is 2.76. The van der Waals surface area contributed by atoms with Gasteiger partial charge in [-0.1, -0.05) is 41.0 Å². The van der Waals surface area contributed by atoms with Crippen LogP contribution in [0.3, 0.4) is 0 Å². The van der Waals surface area contributed by atoms with Crippen molar-refractivity contribution in [3.8, 4) is 17.2 Å². The zero-order valence-corrected chi connectivity index (χ0v) is 21.3. The summed E-state index contributed by atoms with van der Waals surface area (Å²) in [6.45, 7) is 8.46. The van der Waals surface area contributed by atoms with Crippen molar-refractivity contribution in [1.29, 1.82) is 0 Å². The Morgan fingerprint density at radius 2 is 1.41 bits per heavy atom. The van der Waals surface area contributed by atoms with Gasteiger partial charge in [0.2, 0.25) is 0 Å². The number of benzene rings is 3. The maximum Gasteiger partial charge on any atom is 0.337 e. The zero-order valence-electron chi connectivity index (χ0n) is 18.6.